The van der Waals surface area contributed by atoms with E-state index in [1.165, 1.54) is 11.1 Å². The van der Waals surface area contributed by atoms with E-state index in [1.54, 1.807) is 0 Å². The fraction of sp³-hybridized carbons (Fsp3) is 0.462. The van der Waals surface area contributed by atoms with Crippen LogP contribution >= 0.6 is 0 Å². The predicted molar refractivity (Wildman–Crippen MR) is 123 cm³/mol. The average molecular weight is 425 g/mol. The minimum Gasteiger partial charge on any atom is -0.481 e. The second-order valence-electron chi connectivity index (χ2n) is 8.31. The van der Waals surface area contributed by atoms with Gasteiger partial charge < -0.3 is 14.6 Å². The van der Waals surface area contributed by atoms with Crippen LogP contribution in [0.3, 0.4) is 0 Å². The number of hydrogen-bond donors (Lipinski definition) is 2. The average Bonchev–Trinajstić information content (AvgIpc) is 3.13. The number of furan rings is 1. The highest BCUT2D eigenvalue weighted by Crippen LogP contribution is 2.34. The van der Waals surface area contributed by atoms with Crippen LogP contribution in [0.1, 0.15) is 75.3 Å². The fourth-order valence-corrected chi connectivity index (χ4v) is 4.22. The Morgan fingerprint density at radius 2 is 1.03 bits per heavy atom. The van der Waals surface area contributed by atoms with Gasteiger partial charge in [0.1, 0.15) is 11.2 Å². The summed E-state index contributed by atoms with van der Waals surface area (Å²) in [6, 6.07) is 12.7. The molecule has 5 nitrogen and oxygen atoms in total. The highest BCUT2D eigenvalue weighted by atomic mass is 16.4. The standard InChI is InChI=1S/C26H32O5/c27-23(28)17-7-3-1-5-11-19-13-9-15-21-22-16-10-14-20(26(22)31-25(19)21)12-6-2-4-8-18-24(29)30/h9-10,13-16H,1-8,11-12,17-18H2,(H,27,28)(H,29,30). The molecular weight excluding hydrogens is 392 g/mol. The van der Waals surface area contributed by atoms with Gasteiger partial charge >= 0.3 is 11.9 Å². The zero-order valence-corrected chi connectivity index (χ0v) is 18.1. The Labute approximate surface area is 183 Å². The molecular formula is C26H32O5. The van der Waals surface area contributed by atoms with Crippen LogP contribution < -0.4 is 0 Å². The summed E-state index contributed by atoms with van der Waals surface area (Å²) in [4.78, 5) is 21.2. The van der Waals surface area contributed by atoms with Crippen molar-refractivity contribution in [1.82, 2.24) is 0 Å². The Morgan fingerprint density at radius 3 is 1.45 bits per heavy atom. The van der Waals surface area contributed by atoms with Gasteiger partial charge in [0.15, 0.2) is 0 Å². The first kappa shape index (κ1) is 22.9. The molecule has 2 N–H and O–H groups in total. The smallest absolute Gasteiger partial charge is 0.303 e. The van der Waals surface area contributed by atoms with Crippen molar-refractivity contribution >= 4 is 33.9 Å². The van der Waals surface area contributed by atoms with E-state index in [-0.39, 0.29) is 12.8 Å². The van der Waals surface area contributed by atoms with Crippen LogP contribution in [-0.4, -0.2) is 22.2 Å². The summed E-state index contributed by atoms with van der Waals surface area (Å²) >= 11 is 0. The van der Waals surface area contributed by atoms with Crippen molar-refractivity contribution in [3.63, 3.8) is 0 Å². The zero-order chi connectivity index (χ0) is 22.1. The molecule has 0 spiro atoms. The highest BCUT2D eigenvalue weighted by molar-refractivity contribution is 6.06. The van der Waals surface area contributed by atoms with Crippen LogP contribution in [0, 0.1) is 0 Å². The second kappa shape index (κ2) is 11.5. The quantitative estimate of drug-likeness (QED) is 0.280. The van der Waals surface area contributed by atoms with E-state index in [2.05, 4.69) is 36.4 Å². The van der Waals surface area contributed by atoms with E-state index in [0.29, 0.717) is 0 Å². The molecule has 0 aliphatic rings. The van der Waals surface area contributed by atoms with Crippen LogP contribution in [-0.2, 0) is 22.4 Å². The molecule has 0 aliphatic heterocycles. The second-order valence-corrected chi connectivity index (χ2v) is 8.31. The number of para-hydroxylation sites is 2. The van der Waals surface area contributed by atoms with Gasteiger partial charge in [-0.2, -0.15) is 0 Å². The monoisotopic (exact) mass is 424 g/mol. The molecule has 3 aromatic rings. The molecule has 3 rings (SSSR count). The van der Waals surface area contributed by atoms with Gasteiger partial charge in [0, 0.05) is 23.6 Å². The third kappa shape index (κ3) is 6.58. The molecule has 1 aromatic heterocycles. The molecule has 0 unspecified atom stereocenters. The lowest BCUT2D eigenvalue weighted by Gasteiger charge is -2.03. The lowest BCUT2D eigenvalue weighted by Crippen LogP contribution is -1.94. The van der Waals surface area contributed by atoms with E-state index in [4.69, 9.17) is 14.6 Å². The number of hydrogen-bond acceptors (Lipinski definition) is 3. The van der Waals surface area contributed by atoms with E-state index in [1.807, 2.05) is 0 Å². The summed E-state index contributed by atoms with van der Waals surface area (Å²) < 4.78 is 6.38. The highest BCUT2D eigenvalue weighted by Gasteiger charge is 2.13. The van der Waals surface area contributed by atoms with Crippen LogP contribution in [0.4, 0.5) is 0 Å². The van der Waals surface area contributed by atoms with E-state index >= 15 is 0 Å². The third-order valence-electron chi connectivity index (χ3n) is 5.86. The number of carboxylic acid groups (broad SMARTS) is 2. The summed E-state index contributed by atoms with van der Waals surface area (Å²) in [5.74, 6) is -1.44. The summed E-state index contributed by atoms with van der Waals surface area (Å²) in [6.45, 7) is 0. The van der Waals surface area contributed by atoms with Crippen LogP contribution in [0.5, 0.6) is 0 Å². The largest absolute Gasteiger partial charge is 0.481 e. The predicted octanol–water partition coefficient (Wildman–Crippen LogP) is 6.74. The number of rotatable bonds is 14. The Kier molecular flexibility index (Phi) is 8.51. The van der Waals surface area contributed by atoms with Crippen LogP contribution in [0.2, 0.25) is 0 Å². The molecule has 5 heteroatoms. The number of aryl methyl sites for hydroxylation is 2. The number of benzene rings is 2. The fourth-order valence-electron chi connectivity index (χ4n) is 4.22. The van der Waals surface area contributed by atoms with Crippen molar-refractivity contribution in [2.45, 2.75) is 77.0 Å². The minimum absolute atomic E-state index is 0.251. The van der Waals surface area contributed by atoms with Crippen molar-refractivity contribution in [3.05, 3.63) is 47.5 Å². The maximum atomic E-state index is 10.6. The van der Waals surface area contributed by atoms with Gasteiger partial charge in [-0.3, -0.25) is 9.59 Å². The molecule has 1 heterocycles. The Morgan fingerprint density at radius 1 is 0.613 bits per heavy atom. The first-order valence-corrected chi connectivity index (χ1v) is 11.4. The van der Waals surface area contributed by atoms with Gasteiger partial charge in [-0.25, -0.2) is 0 Å². The van der Waals surface area contributed by atoms with Crippen LogP contribution in [0.15, 0.2) is 40.8 Å². The molecule has 0 fully saturated rings. The molecule has 0 amide bonds. The van der Waals surface area contributed by atoms with Gasteiger partial charge in [0.2, 0.25) is 0 Å². The number of unbranched alkanes of at least 4 members (excludes halogenated alkanes) is 6. The summed E-state index contributed by atoms with van der Waals surface area (Å²) in [5, 5.41) is 19.8. The maximum Gasteiger partial charge on any atom is 0.303 e. The molecule has 0 atom stereocenters. The summed E-state index contributed by atoms with van der Waals surface area (Å²) in [5.41, 5.74) is 4.37. The molecule has 31 heavy (non-hydrogen) atoms. The summed E-state index contributed by atoms with van der Waals surface area (Å²) in [7, 11) is 0. The normalized spacial score (nSPS) is 11.4. The number of aliphatic carboxylic acids is 2. The summed E-state index contributed by atoms with van der Waals surface area (Å²) in [6.07, 6.45) is 9.84. The van der Waals surface area contributed by atoms with Crippen molar-refractivity contribution < 1.29 is 24.2 Å². The van der Waals surface area contributed by atoms with E-state index in [0.717, 1.165) is 86.1 Å². The Hall–Kier alpha value is -2.82. The van der Waals surface area contributed by atoms with Crippen molar-refractivity contribution in [2.24, 2.45) is 0 Å². The SMILES string of the molecule is O=C(O)CCCCCCc1cccc2c1oc1c(CCCCCCC(=O)O)cccc12. The number of carboxylic acids is 2. The van der Waals surface area contributed by atoms with E-state index < -0.39 is 11.9 Å². The molecule has 2 aromatic carbocycles. The number of carbonyl (C=O) groups is 2. The van der Waals surface area contributed by atoms with E-state index in [9.17, 15) is 9.59 Å². The topological polar surface area (TPSA) is 87.7 Å². The maximum absolute atomic E-state index is 10.6. The molecule has 0 radical (unpaired) electrons. The van der Waals surface area contributed by atoms with Gasteiger partial charge in [-0.15, -0.1) is 0 Å². The molecule has 0 aliphatic carbocycles. The van der Waals surface area contributed by atoms with Crippen LogP contribution in [0.25, 0.3) is 21.9 Å². The lowest BCUT2D eigenvalue weighted by atomic mass is 10.0. The number of fused-ring (bicyclic) bond motifs is 3. The molecule has 0 bridgehead atoms. The minimum atomic E-state index is -0.719. The third-order valence-corrected chi connectivity index (χ3v) is 5.86. The van der Waals surface area contributed by atoms with Gasteiger partial charge in [0.05, 0.1) is 0 Å². The Balaban J connectivity index is 1.63. The Bertz CT molecular complexity index is 937. The van der Waals surface area contributed by atoms with Gasteiger partial charge in [-0.05, 0) is 49.7 Å². The first-order chi connectivity index (χ1) is 15.1. The van der Waals surface area contributed by atoms with Gasteiger partial charge in [-0.1, -0.05) is 62.1 Å². The first-order valence-electron chi connectivity index (χ1n) is 11.4. The molecule has 0 saturated carbocycles. The molecule has 166 valence electrons. The zero-order valence-electron chi connectivity index (χ0n) is 18.1. The van der Waals surface area contributed by atoms with Gasteiger partial charge in [0.25, 0.3) is 0 Å². The van der Waals surface area contributed by atoms with Crippen molar-refractivity contribution in [3.8, 4) is 0 Å². The van der Waals surface area contributed by atoms with Crippen molar-refractivity contribution in [1.29, 1.82) is 0 Å². The lowest BCUT2D eigenvalue weighted by molar-refractivity contribution is -0.138. The van der Waals surface area contributed by atoms with Crippen molar-refractivity contribution in [2.75, 3.05) is 0 Å². The molecule has 0 saturated heterocycles.